The molecule has 21 heteroatoms. The number of carbonyl (C=O) groups excluding carboxylic acids is 4. The molecule has 18 nitrogen and oxygen atoms in total. The summed E-state index contributed by atoms with van der Waals surface area (Å²) in [5.41, 5.74) is 11.9. The fraction of sp³-hybridized carbons (Fsp3) is 0.619. The van der Waals surface area contributed by atoms with Crippen molar-refractivity contribution in [2.24, 2.45) is 11.5 Å². The van der Waals surface area contributed by atoms with Crippen LogP contribution in [0.25, 0.3) is 0 Å². The van der Waals surface area contributed by atoms with Gasteiger partial charge in [-0.25, -0.2) is 0 Å². The van der Waals surface area contributed by atoms with Crippen LogP contribution in [0.5, 0.6) is 0 Å². The molecule has 0 radical (unpaired) electrons. The van der Waals surface area contributed by atoms with Gasteiger partial charge in [-0.15, -0.1) is 0 Å². The Morgan fingerprint density at radius 2 is 0.929 bits per heavy atom. The molecular weight excluding hydrogens is 667 g/mol. The average Bonchev–Trinajstić information content (AvgIpc) is 2.92. The molecule has 12 N–H and O–H groups in total. The summed E-state index contributed by atoms with van der Waals surface area (Å²) in [7, 11) is 0. The molecule has 0 aromatic carbocycles. The minimum absolute atomic E-state index is 0.242. The van der Waals surface area contributed by atoms with Crippen molar-refractivity contribution >= 4 is 87.4 Å². The number of hydrogen-bond donors (Lipinski definition) is 12. The van der Waals surface area contributed by atoms with E-state index in [1.807, 2.05) is 0 Å². The Morgan fingerprint density at radius 3 is 1.17 bits per heavy atom. The van der Waals surface area contributed by atoms with Crippen LogP contribution >= 0.6 is 25.3 Å². The first kappa shape index (κ1) is 38.9. The first-order valence-electron chi connectivity index (χ1n) is 12.0. The average molecular weight is 703 g/mol. The summed E-state index contributed by atoms with van der Waals surface area (Å²) >= 11 is 4.61. The van der Waals surface area contributed by atoms with Crippen molar-refractivity contribution < 1.29 is 58.8 Å². The van der Waals surface area contributed by atoms with Crippen molar-refractivity contribution in [2.45, 2.75) is 65.2 Å². The van der Waals surface area contributed by atoms with Crippen LogP contribution in [0.3, 0.4) is 0 Å². The van der Waals surface area contributed by atoms with E-state index in [0.717, 1.165) is 0 Å². The van der Waals surface area contributed by atoms with Crippen molar-refractivity contribution in [1.29, 1.82) is 0 Å². The quantitative estimate of drug-likeness (QED) is 0.0421. The van der Waals surface area contributed by atoms with Crippen molar-refractivity contribution in [3.8, 4) is 0 Å². The first-order valence-corrected chi connectivity index (χ1v) is 17.3. The van der Waals surface area contributed by atoms with E-state index in [-0.39, 0.29) is 37.2 Å². The van der Waals surface area contributed by atoms with E-state index in [1.54, 1.807) is 0 Å². The van der Waals surface area contributed by atoms with Gasteiger partial charge in [0, 0.05) is 0 Å². The molecule has 0 aromatic heterocycles. The molecule has 0 aliphatic rings. The Kier molecular flexibility index (Phi) is 17.8. The zero-order valence-corrected chi connectivity index (χ0v) is 25.9. The zero-order valence-electron chi connectivity index (χ0n) is 22.3. The fourth-order valence-corrected chi connectivity index (χ4v) is 7.03. The number of nitrogens with two attached hydrogens (primary N) is 2. The van der Waals surface area contributed by atoms with Gasteiger partial charge >= 0.3 is 256 Å². The van der Waals surface area contributed by atoms with E-state index in [2.05, 4.69) is 46.5 Å². The molecule has 0 bridgehead atoms. The summed E-state index contributed by atoms with van der Waals surface area (Å²) in [5, 5.41) is 45.9. The van der Waals surface area contributed by atoms with Gasteiger partial charge in [0.15, 0.2) is 0 Å². The molecule has 0 saturated carbocycles. The number of carboxylic acid groups (broad SMARTS) is 4. The molecule has 0 spiro atoms. The van der Waals surface area contributed by atoms with Crippen LogP contribution < -0.4 is 32.7 Å². The van der Waals surface area contributed by atoms with Crippen molar-refractivity contribution in [2.75, 3.05) is 11.5 Å². The summed E-state index contributed by atoms with van der Waals surface area (Å²) in [6.45, 7) is 0. The Morgan fingerprint density at radius 1 is 0.619 bits per heavy atom. The molecule has 0 aliphatic carbocycles. The molecule has 2 unspecified atom stereocenters. The molecule has 4 amide bonds. The molecule has 0 rings (SSSR count). The van der Waals surface area contributed by atoms with E-state index in [4.69, 9.17) is 21.7 Å². The van der Waals surface area contributed by atoms with Gasteiger partial charge in [0.2, 0.25) is 0 Å². The normalized spacial score (nSPS) is 15.8. The van der Waals surface area contributed by atoms with Crippen LogP contribution in [0.2, 0.25) is 5.71 Å². The second kappa shape index (κ2) is 19.2. The Balaban J connectivity index is 5.49. The van der Waals surface area contributed by atoms with Crippen LogP contribution in [-0.2, 0) is 38.4 Å². The van der Waals surface area contributed by atoms with Crippen molar-refractivity contribution in [1.82, 2.24) is 21.3 Å². The number of nitrogens with one attached hydrogen (secondary N) is 4. The SMILES string of the molecule is C[As](C(NC(=O)[C@H](CS)NC(=O)CC[C@H](N)C(=O)O)C(=O)O)C(NC(=O)[C@H](CS)NC(=O)CC[C@H](N)C(=O)O)C(=O)O. The van der Waals surface area contributed by atoms with E-state index in [9.17, 15) is 48.6 Å². The third-order valence-corrected chi connectivity index (χ3v) is 11.1. The van der Waals surface area contributed by atoms with Gasteiger partial charge in [-0.1, -0.05) is 0 Å². The second-order valence-electron chi connectivity index (χ2n) is 8.74. The monoisotopic (exact) mass is 702 g/mol. The van der Waals surface area contributed by atoms with Crippen LogP contribution in [0, 0.1) is 0 Å². The molecule has 0 saturated heterocycles. The number of aliphatic carboxylic acids is 4. The number of thiol groups is 2. The Labute approximate surface area is 255 Å². The number of rotatable bonds is 20. The molecule has 0 fully saturated rings. The summed E-state index contributed by atoms with van der Waals surface area (Å²) in [4.78, 5) is 91.8. The van der Waals surface area contributed by atoms with E-state index >= 15 is 0 Å². The van der Waals surface area contributed by atoms with Gasteiger partial charge in [-0.3, -0.25) is 0 Å². The van der Waals surface area contributed by atoms with Gasteiger partial charge in [0.05, 0.1) is 0 Å². The van der Waals surface area contributed by atoms with Crippen LogP contribution in [0.15, 0.2) is 0 Å². The van der Waals surface area contributed by atoms with E-state index in [1.165, 1.54) is 5.71 Å². The molecule has 0 aliphatic heterocycles. The molecule has 238 valence electrons. The Hall–Kier alpha value is -3.06. The molecular formula is C21H35AsN6O12S2. The minimum atomic E-state index is -3.30. The number of carbonyl (C=O) groups is 8. The van der Waals surface area contributed by atoms with Crippen molar-refractivity contribution in [3.63, 3.8) is 0 Å². The van der Waals surface area contributed by atoms with E-state index in [0.29, 0.717) is 0 Å². The number of carboxylic acids is 4. The van der Waals surface area contributed by atoms with Gasteiger partial charge in [0.1, 0.15) is 0 Å². The molecule has 0 aromatic rings. The third kappa shape index (κ3) is 13.7. The fourth-order valence-electron chi connectivity index (χ4n) is 3.04. The summed E-state index contributed by atoms with van der Waals surface area (Å²) in [6, 6.07) is -5.39. The van der Waals surface area contributed by atoms with E-state index < -0.39 is 96.0 Å². The zero-order chi connectivity index (χ0) is 32.7. The standard InChI is InChI=1S/C21H35AsN6O12S2/c1-22(14(20(37)38)27-16(31)10(6-41)25-12(29)4-2-8(23)18(33)34)15(21(39)40)28-17(32)11(7-42)26-13(30)5-3-9(24)19(35)36/h8-11,14-15,41-42H,2-7,23-24H2,1H3,(H,25,29)(H,26,30)(H,27,31)(H,28,32)(H,33,34)(H,35,36)(H,37,38)(H,39,40)/t8-,9-,10-,11-,14?,15?,22?/m0/s1. The summed E-state index contributed by atoms with van der Waals surface area (Å²) in [5.74, 6) is -10.1. The third-order valence-electron chi connectivity index (χ3n) is 5.51. The predicted molar refractivity (Wildman–Crippen MR) is 152 cm³/mol. The predicted octanol–water partition coefficient (Wildman–Crippen LogP) is -4.46. The van der Waals surface area contributed by atoms with Crippen LogP contribution in [0.1, 0.15) is 25.7 Å². The summed E-state index contributed by atoms with van der Waals surface area (Å²) < 4.78 is 0. The van der Waals surface area contributed by atoms with Crippen molar-refractivity contribution in [3.05, 3.63) is 0 Å². The Bertz CT molecular complexity index is 960. The number of amides is 4. The van der Waals surface area contributed by atoms with Gasteiger partial charge in [-0.2, -0.15) is 0 Å². The topological polar surface area (TPSA) is 318 Å². The molecule has 0 heterocycles. The van der Waals surface area contributed by atoms with Gasteiger partial charge in [0.25, 0.3) is 0 Å². The van der Waals surface area contributed by atoms with Gasteiger partial charge < -0.3 is 0 Å². The second-order valence-corrected chi connectivity index (χ2v) is 14.4. The molecule has 42 heavy (non-hydrogen) atoms. The number of hydrogen-bond acceptors (Lipinski definition) is 12. The first-order chi connectivity index (χ1) is 19.5. The van der Waals surface area contributed by atoms with Crippen LogP contribution in [-0.4, -0.2) is 128 Å². The summed E-state index contributed by atoms with van der Waals surface area (Å²) in [6.07, 6.45) is -1.20. The molecule has 6 atom stereocenters. The maximum absolute atomic E-state index is 12.7. The maximum atomic E-state index is 12.7. The van der Waals surface area contributed by atoms with Gasteiger partial charge in [-0.05, 0) is 0 Å². The van der Waals surface area contributed by atoms with Crippen LogP contribution in [0.4, 0.5) is 0 Å².